The highest BCUT2D eigenvalue weighted by Crippen LogP contribution is 2.17. The van der Waals surface area contributed by atoms with E-state index < -0.39 is 0 Å². The van der Waals surface area contributed by atoms with Crippen LogP contribution in [-0.2, 0) is 12.8 Å². The van der Waals surface area contributed by atoms with Gasteiger partial charge in [-0.15, -0.1) is 0 Å². The van der Waals surface area contributed by atoms with Crippen molar-refractivity contribution in [2.24, 2.45) is 11.7 Å². The van der Waals surface area contributed by atoms with Crippen molar-refractivity contribution in [3.8, 4) is 0 Å². The van der Waals surface area contributed by atoms with Gasteiger partial charge in [0.25, 0.3) is 0 Å². The lowest BCUT2D eigenvalue weighted by molar-refractivity contribution is 0.332. The van der Waals surface area contributed by atoms with E-state index in [1.807, 2.05) is 18.2 Å². The van der Waals surface area contributed by atoms with Gasteiger partial charge in [0.1, 0.15) is 0 Å². The minimum atomic E-state index is -0.155. The Morgan fingerprint density at radius 2 is 1.89 bits per heavy atom. The Morgan fingerprint density at radius 3 is 2.58 bits per heavy atom. The van der Waals surface area contributed by atoms with Gasteiger partial charge in [-0.1, -0.05) is 49.3 Å². The van der Waals surface area contributed by atoms with Gasteiger partial charge in [-0.25, -0.2) is 0 Å². The first-order valence-electron chi connectivity index (χ1n) is 6.77. The van der Waals surface area contributed by atoms with E-state index in [0.717, 1.165) is 25.1 Å². The van der Waals surface area contributed by atoms with E-state index in [4.69, 9.17) is 10.3 Å². The molecule has 0 bridgehead atoms. The van der Waals surface area contributed by atoms with Gasteiger partial charge in [0.05, 0.1) is 6.04 Å². The molecule has 102 valence electrons. The Bertz CT molecular complexity index is 493. The number of nitrogens with zero attached hydrogens (tertiary/aromatic N) is 2. The standard InChI is InChI=1S/C15H21N3O/c1-11(2)10-13(16)15-17-14(18-19-15)9-8-12-6-4-3-5-7-12/h3-7,11,13H,8-10,16H2,1-2H3. The third-order valence-electron chi connectivity index (χ3n) is 3.01. The fourth-order valence-electron chi connectivity index (χ4n) is 2.03. The van der Waals surface area contributed by atoms with Gasteiger partial charge in [-0.05, 0) is 24.3 Å². The smallest absolute Gasteiger partial charge is 0.243 e. The average Bonchev–Trinajstić information content (AvgIpc) is 2.86. The average molecular weight is 259 g/mol. The third kappa shape index (κ3) is 4.17. The molecule has 1 unspecified atom stereocenters. The molecule has 0 radical (unpaired) electrons. The largest absolute Gasteiger partial charge is 0.338 e. The Labute approximate surface area is 114 Å². The molecule has 1 atom stereocenters. The Morgan fingerprint density at radius 1 is 1.16 bits per heavy atom. The van der Waals surface area contributed by atoms with Gasteiger partial charge in [0, 0.05) is 6.42 Å². The molecular formula is C15H21N3O. The normalized spacial score (nSPS) is 12.8. The molecule has 0 saturated carbocycles. The van der Waals surface area contributed by atoms with Crippen LogP contribution in [0.5, 0.6) is 0 Å². The maximum absolute atomic E-state index is 6.02. The highest BCUT2D eigenvalue weighted by Gasteiger charge is 2.15. The highest BCUT2D eigenvalue weighted by atomic mass is 16.5. The zero-order valence-electron chi connectivity index (χ0n) is 11.5. The lowest BCUT2D eigenvalue weighted by Gasteiger charge is -2.08. The second-order valence-corrected chi connectivity index (χ2v) is 5.27. The quantitative estimate of drug-likeness (QED) is 0.866. The van der Waals surface area contributed by atoms with Gasteiger partial charge in [-0.3, -0.25) is 0 Å². The van der Waals surface area contributed by atoms with Gasteiger partial charge < -0.3 is 10.3 Å². The number of rotatable bonds is 6. The number of benzene rings is 1. The van der Waals surface area contributed by atoms with Crippen molar-refractivity contribution in [3.63, 3.8) is 0 Å². The summed E-state index contributed by atoms with van der Waals surface area (Å²) in [6.45, 7) is 4.26. The van der Waals surface area contributed by atoms with E-state index >= 15 is 0 Å². The number of hydrogen-bond acceptors (Lipinski definition) is 4. The van der Waals surface area contributed by atoms with Crippen molar-refractivity contribution in [1.29, 1.82) is 0 Å². The summed E-state index contributed by atoms with van der Waals surface area (Å²) in [6, 6.07) is 10.1. The molecule has 4 nitrogen and oxygen atoms in total. The molecule has 19 heavy (non-hydrogen) atoms. The predicted octanol–water partition coefficient (Wildman–Crippen LogP) is 2.90. The lowest BCUT2D eigenvalue weighted by atomic mass is 10.0. The van der Waals surface area contributed by atoms with Crippen LogP contribution < -0.4 is 5.73 Å². The summed E-state index contributed by atoms with van der Waals surface area (Å²) < 4.78 is 5.23. The summed E-state index contributed by atoms with van der Waals surface area (Å²) in [4.78, 5) is 4.38. The fourth-order valence-corrected chi connectivity index (χ4v) is 2.03. The van der Waals surface area contributed by atoms with Crippen molar-refractivity contribution in [2.45, 2.75) is 39.2 Å². The molecule has 0 aliphatic heterocycles. The molecule has 2 N–H and O–H groups in total. The van der Waals surface area contributed by atoms with Crippen LogP contribution in [0, 0.1) is 5.92 Å². The van der Waals surface area contributed by atoms with Crippen molar-refractivity contribution < 1.29 is 4.52 Å². The molecule has 2 aromatic rings. The zero-order chi connectivity index (χ0) is 13.7. The van der Waals surface area contributed by atoms with E-state index in [9.17, 15) is 0 Å². The molecule has 1 heterocycles. The number of hydrogen-bond donors (Lipinski definition) is 1. The molecule has 0 aliphatic rings. The Kier molecular flexibility index (Phi) is 4.68. The van der Waals surface area contributed by atoms with Crippen molar-refractivity contribution in [1.82, 2.24) is 10.1 Å². The van der Waals surface area contributed by atoms with Crippen LogP contribution in [0.15, 0.2) is 34.9 Å². The fraction of sp³-hybridized carbons (Fsp3) is 0.467. The summed E-state index contributed by atoms with van der Waals surface area (Å²) in [5.41, 5.74) is 7.30. The summed E-state index contributed by atoms with van der Waals surface area (Å²) in [7, 11) is 0. The Balaban J connectivity index is 1.90. The molecule has 1 aromatic heterocycles. The van der Waals surface area contributed by atoms with Crippen molar-refractivity contribution >= 4 is 0 Å². The van der Waals surface area contributed by atoms with Gasteiger partial charge in [0.2, 0.25) is 5.89 Å². The zero-order valence-corrected chi connectivity index (χ0v) is 11.5. The van der Waals surface area contributed by atoms with E-state index in [2.05, 4.69) is 36.1 Å². The van der Waals surface area contributed by atoms with Crippen LogP contribution in [0.1, 0.15) is 43.6 Å². The van der Waals surface area contributed by atoms with Crippen LogP contribution in [0.25, 0.3) is 0 Å². The third-order valence-corrected chi connectivity index (χ3v) is 3.01. The summed E-state index contributed by atoms with van der Waals surface area (Å²) in [5.74, 6) is 1.81. The molecule has 0 aliphatic carbocycles. The van der Waals surface area contributed by atoms with Crippen LogP contribution in [0.4, 0.5) is 0 Å². The first-order valence-corrected chi connectivity index (χ1v) is 6.77. The van der Waals surface area contributed by atoms with Gasteiger partial charge in [0.15, 0.2) is 5.82 Å². The number of nitrogens with two attached hydrogens (primary N) is 1. The van der Waals surface area contributed by atoms with Crippen molar-refractivity contribution in [2.75, 3.05) is 0 Å². The highest BCUT2D eigenvalue weighted by molar-refractivity contribution is 5.15. The first-order chi connectivity index (χ1) is 9.15. The second kappa shape index (κ2) is 6.48. The molecule has 4 heteroatoms. The summed E-state index contributed by atoms with van der Waals surface area (Å²) >= 11 is 0. The molecule has 0 saturated heterocycles. The SMILES string of the molecule is CC(C)CC(N)c1nc(CCc2ccccc2)no1. The summed E-state index contributed by atoms with van der Waals surface area (Å²) in [6.07, 6.45) is 2.56. The van der Waals surface area contributed by atoms with E-state index in [1.54, 1.807) is 0 Å². The van der Waals surface area contributed by atoms with E-state index in [1.165, 1.54) is 5.56 Å². The second-order valence-electron chi connectivity index (χ2n) is 5.27. The van der Waals surface area contributed by atoms with Gasteiger partial charge in [-0.2, -0.15) is 4.98 Å². The molecule has 1 aromatic carbocycles. The maximum atomic E-state index is 6.02. The molecule has 0 fully saturated rings. The minimum Gasteiger partial charge on any atom is -0.338 e. The molecule has 0 amide bonds. The van der Waals surface area contributed by atoms with Crippen LogP contribution in [0.2, 0.25) is 0 Å². The number of aromatic nitrogens is 2. The van der Waals surface area contributed by atoms with Crippen LogP contribution in [0.3, 0.4) is 0 Å². The number of aryl methyl sites for hydroxylation is 2. The maximum Gasteiger partial charge on any atom is 0.243 e. The summed E-state index contributed by atoms with van der Waals surface area (Å²) in [5, 5.41) is 3.99. The predicted molar refractivity (Wildman–Crippen MR) is 74.5 cm³/mol. The van der Waals surface area contributed by atoms with E-state index in [0.29, 0.717) is 11.8 Å². The Hall–Kier alpha value is -1.68. The minimum absolute atomic E-state index is 0.155. The molecular weight excluding hydrogens is 238 g/mol. The monoisotopic (exact) mass is 259 g/mol. The molecule has 0 spiro atoms. The van der Waals surface area contributed by atoms with E-state index in [-0.39, 0.29) is 6.04 Å². The van der Waals surface area contributed by atoms with Crippen molar-refractivity contribution in [3.05, 3.63) is 47.6 Å². The van der Waals surface area contributed by atoms with Crippen LogP contribution in [-0.4, -0.2) is 10.1 Å². The molecule has 2 rings (SSSR count). The van der Waals surface area contributed by atoms with Gasteiger partial charge >= 0.3 is 0 Å². The lowest BCUT2D eigenvalue weighted by Crippen LogP contribution is -2.13. The topological polar surface area (TPSA) is 64.9 Å². The first kappa shape index (κ1) is 13.7. The van der Waals surface area contributed by atoms with Crippen LogP contribution >= 0.6 is 0 Å².